The SMILES string of the molecule is CC(C)(C)c1ccc(NC(=O)Oc2ccccc2)c(F)c1. The molecule has 2 rings (SSSR count). The number of benzene rings is 2. The maximum Gasteiger partial charge on any atom is 0.417 e. The quantitative estimate of drug-likeness (QED) is 0.866. The Hall–Kier alpha value is -2.36. The van der Waals surface area contributed by atoms with Crippen molar-refractivity contribution >= 4 is 11.8 Å². The highest BCUT2D eigenvalue weighted by Crippen LogP contribution is 2.26. The maximum absolute atomic E-state index is 14.0. The fraction of sp³-hybridized carbons (Fsp3) is 0.235. The molecular weight excluding hydrogens is 269 g/mol. The zero-order chi connectivity index (χ0) is 15.5. The number of rotatable bonds is 2. The van der Waals surface area contributed by atoms with Crippen LogP contribution in [-0.4, -0.2) is 6.09 Å². The molecule has 110 valence electrons. The number of carbonyl (C=O) groups excluding carboxylic acids is 1. The summed E-state index contributed by atoms with van der Waals surface area (Å²) in [4.78, 5) is 11.7. The van der Waals surface area contributed by atoms with E-state index in [0.29, 0.717) is 5.75 Å². The van der Waals surface area contributed by atoms with Gasteiger partial charge in [0.1, 0.15) is 11.6 Å². The van der Waals surface area contributed by atoms with E-state index in [9.17, 15) is 9.18 Å². The molecule has 21 heavy (non-hydrogen) atoms. The number of anilines is 1. The lowest BCUT2D eigenvalue weighted by Gasteiger charge is -2.19. The molecule has 0 aliphatic carbocycles. The summed E-state index contributed by atoms with van der Waals surface area (Å²) in [6.07, 6.45) is -0.719. The van der Waals surface area contributed by atoms with Crippen LogP contribution < -0.4 is 10.1 Å². The summed E-state index contributed by atoms with van der Waals surface area (Å²) >= 11 is 0. The third-order valence-electron chi connectivity index (χ3n) is 3.03. The van der Waals surface area contributed by atoms with Crippen LogP contribution in [0.2, 0.25) is 0 Å². The number of para-hydroxylation sites is 1. The van der Waals surface area contributed by atoms with Crippen LogP contribution in [-0.2, 0) is 5.41 Å². The van der Waals surface area contributed by atoms with Gasteiger partial charge in [-0.1, -0.05) is 45.0 Å². The van der Waals surface area contributed by atoms with Gasteiger partial charge >= 0.3 is 6.09 Å². The smallest absolute Gasteiger partial charge is 0.410 e. The largest absolute Gasteiger partial charge is 0.417 e. The van der Waals surface area contributed by atoms with E-state index >= 15 is 0 Å². The van der Waals surface area contributed by atoms with Gasteiger partial charge in [0.25, 0.3) is 0 Å². The number of nitrogens with one attached hydrogen (secondary N) is 1. The molecule has 0 aromatic heterocycles. The van der Waals surface area contributed by atoms with Crippen LogP contribution in [0.3, 0.4) is 0 Å². The Morgan fingerprint density at radius 2 is 1.76 bits per heavy atom. The highest BCUT2D eigenvalue weighted by atomic mass is 19.1. The lowest BCUT2D eigenvalue weighted by atomic mass is 9.87. The topological polar surface area (TPSA) is 38.3 Å². The Labute approximate surface area is 123 Å². The predicted octanol–water partition coefficient (Wildman–Crippen LogP) is 4.73. The van der Waals surface area contributed by atoms with Gasteiger partial charge in [-0.25, -0.2) is 9.18 Å². The summed E-state index contributed by atoms with van der Waals surface area (Å²) < 4.78 is 19.1. The Morgan fingerprint density at radius 1 is 1.10 bits per heavy atom. The number of halogens is 1. The van der Waals surface area contributed by atoms with E-state index in [2.05, 4.69) is 5.32 Å². The zero-order valence-corrected chi connectivity index (χ0v) is 12.3. The minimum absolute atomic E-state index is 0.101. The van der Waals surface area contributed by atoms with Crippen molar-refractivity contribution in [3.8, 4) is 5.75 Å². The van der Waals surface area contributed by atoms with Gasteiger partial charge in [-0.05, 0) is 35.2 Å². The van der Waals surface area contributed by atoms with Crippen molar-refractivity contribution < 1.29 is 13.9 Å². The molecule has 0 unspecified atom stereocenters. The average molecular weight is 287 g/mol. The number of ether oxygens (including phenoxy) is 1. The molecule has 0 bridgehead atoms. The number of carbonyl (C=O) groups is 1. The molecule has 4 heteroatoms. The number of amides is 1. The molecule has 0 saturated heterocycles. The highest BCUT2D eigenvalue weighted by Gasteiger charge is 2.16. The van der Waals surface area contributed by atoms with Crippen molar-refractivity contribution in [1.82, 2.24) is 0 Å². The van der Waals surface area contributed by atoms with Gasteiger partial charge in [-0.15, -0.1) is 0 Å². The molecule has 0 radical (unpaired) electrons. The van der Waals surface area contributed by atoms with Crippen LogP contribution in [0.1, 0.15) is 26.3 Å². The Morgan fingerprint density at radius 3 is 2.33 bits per heavy atom. The molecular formula is C17H18FNO2. The molecule has 2 aromatic rings. The van der Waals surface area contributed by atoms with Gasteiger partial charge in [0, 0.05) is 0 Å². The molecule has 0 aliphatic heterocycles. The Bertz CT molecular complexity index is 633. The summed E-state index contributed by atoms with van der Waals surface area (Å²) in [5.74, 6) is -0.0749. The summed E-state index contributed by atoms with van der Waals surface area (Å²) in [5, 5.41) is 2.40. The first-order chi connectivity index (χ1) is 9.86. The number of hydrogen-bond donors (Lipinski definition) is 1. The average Bonchev–Trinajstić information content (AvgIpc) is 2.41. The van der Waals surface area contributed by atoms with E-state index in [1.54, 1.807) is 36.4 Å². The standard InChI is InChI=1S/C17H18FNO2/c1-17(2,3)12-9-10-15(14(18)11-12)19-16(20)21-13-7-5-4-6-8-13/h4-11H,1-3H3,(H,19,20). The molecule has 2 aromatic carbocycles. The molecule has 0 atom stereocenters. The van der Waals surface area contributed by atoms with Crippen LogP contribution in [0, 0.1) is 5.82 Å². The van der Waals surface area contributed by atoms with E-state index in [1.807, 2.05) is 26.8 Å². The summed E-state index contributed by atoms with van der Waals surface area (Å²) in [5.41, 5.74) is 0.815. The molecule has 0 heterocycles. The van der Waals surface area contributed by atoms with E-state index in [1.165, 1.54) is 6.07 Å². The first-order valence-electron chi connectivity index (χ1n) is 6.70. The monoisotopic (exact) mass is 287 g/mol. The summed E-state index contributed by atoms with van der Waals surface area (Å²) in [6.45, 7) is 6.00. The van der Waals surface area contributed by atoms with Gasteiger partial charge < -0.3 is 4.74 Å². The van der Waals surface area contributed by atoms with Crippen LogP contribution in [0.25, 0.3) is 0 Å². The lowest BCUT2D eigenvalue weighted by Crippen LogP contribution is -2.18. The van der Waals surface area contributed by atoms with Crippen molar-refractivity contribution in [3.05, 3.63) is 59.9 Å². The fourth-order valence-electron chi connectivity index (χ4n) is 1.81. The molecule has 1 amide bonds. The van der Waals surface area contributed by atoms with Gasteiger partial charge in [0.15, 0.2) is 0 Å². The lowest BCUT2D eigenvalue weighted by molar-refractivity contribution is 0.215. The fourth-order valence-corrected chi connectivity index (χ4v) is 1.81. The second kappa shape index (κ2) is 5.95. The molecule has 0 saturated carbocycles. The second-order valence-electron chi connectivity index (χ2n) is 5.77. The molecule has 0 spiro atoms. The van der Waals surface area contributed by atoms with E-state index in [4.69, 9.17) is 4.74 Å². The summed E-state index contributed by atoms with van der Waals surface area (Å²) in [7, 11) is 0. The predicted molar refractivity (Wildman–Crippen MR) is 81.2 cm³/mol. The molecule has 1 N–H and O–H groups in total. The van der Waals surface area contributed by atoms with E-state index in [-0.39, 0.29) is 11.1 Å². The van der Waals surface area contributed by atoms with E-state index in [0.717, 1.165) is 5.56 Å². The van der Waals surface area contributed by atoms with Gasteiger partial charge in [-0.3, -0.25) is 5.32 Å². The van der Waals surface area contributed by atoms with Crippen molar-refractivity contribution in [2.75, 3.05) is 5.32 Å². The Kier molecular flexibility index (Phi) is 4.26. The van der Waals surface area contributed by atoms with Crippen molar-refractivity contribution in [2.45, 2.75) is 26.2 Å². The van der Waals surface area contributed by atoms with Crippen LogP contribution >= 0.6 is 0 Å². The van der Waals surface area contributed by atoms with Gasteiger partial charge in [0.2, 0.25) is 0 Å². The van der Waals surface area contributed by atoms with E-state index < -0.39 is 11.9 Å². The highest BCUT2D eigenvalue weighted by molar-refractivity contribution is 5.86. The maximum atomic E-state index is 14.0. The molecule has 3 nitrogen and oxygen atoms in total. The second-order valence-corrected chi connectivity index (χ2v) is 5.77. The minimum atomic E-state index is -0.719. The van der Waals surface area contributed by atoms with Gasteiger partial charge in [-0.2, -0.15) is 0 Å². The van der Waals surface area contributed by atoms with Crippen molar-refractivity contribution in [2.24, 2.45) is 0 Å². The van der Waals surface area contributed by atoms with Crippen LogP contribution in [0.15, 0.2) is 48.5 Å². The van der Waals surface area contributed by atoms with Crippen molar-refractivity contribution in [1.29, 1.82) is 0 Å². The van der Waals surface area contributed by atoms with Crippen LogP contribution in [0.4, 0.5) is 14.9 Å². The first-order valence-corrected chi connectivity index (χ1v) is 6.70. The Balaban J connectivity index is 2.08. The zero-order valence-electron chi connectivity index (χ0n) is 12.3. The molecule has 0 aliphatic rings. The third kappa shape index (κ3) is 4.05. The first kappa shape index (κ1) is 15.0. The van der Waals surface area contributed by atoms with Crippen LogP contribution in [0.5, 0.6) is 5.75 Å². The summed E-state index contributed by atoms with van der Waals surface area (Å²) in [6, 6.07) is 13.4. The van der Waals surface area contributed by atoms with Gasteiger partial charge in [0.05, 0.1) is 5.69 Å². The molecule has 0 fully saturated rings. The number of hydrogen-bond acceptors (Lipinski definition) is 2. The van der Waals surface area contributed by atoms with Crippen molar-refractivity contribution in [3.63, 3.8) is 0 Å². The normalized spacial score (nSPS) is 11.0. The minimum Gasteiger partial charge on any atom is -0.410 e. The third-order valence-corrected chi connectivity index (χ3v) is 3.03.